The number of hydrogen-bond acceptors (Lipinski definition) is 3. The zero-order chi connectivity index (χ0) is 17.4. The maximum Gasteiger partial charge on any atom is 0.317 e. The van der Waals surface area contributed by atoms with Gasteiger partial charge in [-0.25, -0.2) is 13.2 Å². The van der Waals surface area contributed by atoms with Crippen LogP contribution in [0.1, 0.15) is 25.0 Å². The van der Waals surface area contributed by atoms with Gasteiger partial charge in [-0.15, -0.1) is 0 Å². The normalized spacial score (nSPS) is 22.6. The van der Waals surface area contributed by atoms with E-state index in [0.717, 1.165) is 18.7 Å². The first kappa shape index (κ1) is 16.4. The Morgan fingerprint density at radius 2 is 2.04 bits per heavy atom. The maximum absolute atomic E-state index is 12.6. The maximum atomic E-state index is 12.6. The molecule has 2 aliphatic rings. The summed E-state index contributed by atoms with van der Waals surface area (Å²) in [6, 6.07) is 10.2. The van der Waals surface area contributed by atoms with E-state index in [-0.39, 0.29) is 18.3 Å². The number of amides is 2. The Morgan fingerprint density at radius 3 is 2.84 bits per heavy atom. The van der Waals surface area contributed by atoms with Crippen LogP contribution in [0.3, 0.4) is 0 Å². The van der Waals surface area contributed by atoms with Crippen molar-refractivity contribution in [3.63, 3.8) is 0 Å². The second-order valence-electron chi connectivity index (χ2n) is 6.94. The van der Waals surface area contributed by atoms with Crippen LogP contribution in [0.15, 0.2) is 30.3 Å². The molecular weight excluding hydrogens is 338 g/mol. The highest BCUT2D eigenvalue weighted by atomic mass is 32.2. The van der Waals surface area contributed by atoms with Crippen molar-refractivity contribution in [1.29, 1.82) is 0 Å². The molecule has 0 spiro atoms. The van der Waals surface area contributed by atoms with E-state index in [0.29, 0.717) is 25.9 Å². The van der Waals surface area contributed by atoms with E-state index in [4.69, 9.17) is 0 Å². The largest absolute Gasteiger partial charge is 0.343 e. The Bertz CT molecular complexity index is 903. The molecule has 2 aromatic rings. The second-order valence-corrected chi connectivity index (χ2v) is 9.34. The minimum absolute atomic E-state index is 0.166. The zero-order valence-corrected chi connectivity index (χ0v) is 15.0. The smallest absolute Gasteiger partial charge is 0.317 e. The number of aromatic nitrogens is 1. The van der Waals surface area contributed by atoms with Crippen LogP contribution in [0.25, 0.3) is 10.9 Å². The molecule has 1 aromatic carbocycles. The number of benzene rings is 1. The second kappa shape index (κ2) is 6.37. The highest BCUT2D eigenvalue weighted by Crippen LogP contribution is 2.24. The Kier molecular flexibility index (Phi) is 4.19. The molecule has 7 heteroatoms. The molecule has 1 N–H and O–H groups in total. The van der Waals surface area contributed by atoms with Crippen LogP contribution in [-0.4, -0.2) is 48.0 Å². The van der Waals surface area contributed by atoms with Crippen molar-refractivity contribution in [2.24, 2.45) is 0 Å². The van der Waals surface area contributed by atoms with Gasteiger partial charge in [0.1, 0.15) is 0 Å². The van der Waals surface area contributed by atoms with Crippen molar-refractivity contribution in [1.82, 2.24) is 14.8 Å². The summed E-state index contributed by atoms with van der Waals surface area (Å²) in [5.41, 5.74) is 2.33. The lowest BCUT2D eigenvalue weighted by Gasteiger charge is -2.21. The fourth-order valence-electron chi connectivity index (χ4n) is 3.93. The number of carbonyl (C=O) groups excluding carboxylic acids is 1. The SMILES string of the molecule is O=C(NCC1CCCS1(=O)=O)N1CCCn2c(cc3ccccc32)C1. The number of rotatable bonds is 2. The van der Waals surface area contributed by atoms with E-state index in [9.17, 15) is 13.2 Å². The van der Waals surface area contributed by atoms with Gasteiger partial charge in [-0.3, -0.25) is 0 Å². The van der Waals surface area contributed by atoms with Crippen LogP contribution in [0.5, 0.6) is 0 Å². The van der Waals surface area contributed by atoms with Crippen molar-refractivity contribution in [2.75, 3.05) is 18.8 Å². The van der Waals surface area contributed by atoms with E-state index in [2.05, 4.69) is 28.1 Å². The van der Waals surface area contributed by atoms with Crippen molar-refractivity contribution < 1.29 is 13.2 Å². The molecule has 4 rings (SSSR count). The predicted octanol–water partition coefficient (Wildman–Crippen LogP) is 2.13. The number of sulfone groups is 1. The molecule has 1 atom stereocenters. The van der Waals surface area contributed by atoms with Crippen LogP contribution in [0, 0.1) is 0 Å². The first-order valence-corrected chi connectivity index (χ1v) is 10.6. The Balaban J connectivity index is 1.46. The van der Waals surface area contributed by atoms with Gasteiger partial charge in [0.05, 0.1) is 17.5 Å². The molecule has 3 heterocycles. The van der Waals surface area contributed by atoms with Crippen molar-refractivity contribution in [3.8, 4) is 0 Å². The lowest BCUT2D eigenvalue weighted by atomic mass is 10.2. The van der Waals surface area contributed by atoms with Gasteiger partial charge in [0.25, 0.3) is 0 Å². The summed E-state index contributed by atoms with van der Waals surface area (Å²) < 4.78 is 26.1. The molecule has 2 aliphatic heterocycles. The molecule has 0 saturated carbocycles. The lowest BCUT2D eigenvalue weighted by Crippen LogP contribution is -2.43. The standard InChI is InChI=1S/C18H23N3O3S/c22-18(19-12-16-6-3-10-25(16,23)24)20-8-4-9-21-15(13-20)11-14-5-1-2-7-17(14)21/h1-2,5,7,11,16H,3-4,6,8-10,12-13H2,(H,19,22). The van der Waals surface area contributed by atoms with E-state index in [1.54, 1.807) is 4.90 Å². The van der Waals surface area contributed by atoms with Gasteiger partial charge in [0.2, 0.25) is 0 Å². The minimum Gasteiger partial charge on any atom is -0.343 e. The van der Waals surface area contributed by atoms with Gasteiger partial charge in [-0.2, -0.15) is 0 Å². The number of aryl methyl sites for hydroxylation is 1. The summed E-state index contributed by atoms with van der Waals surface area (Å²) in [6.45, 7) is 2.35. The van der Waals surface area contributed by atoms with Crippen molar-refractivity contribution in [3.05, 3.63) is 36.0 Å². The van der Waals surface area contributed by atoms with E-state index >= 15 is 0 Å². The fraction of sp³-hybridized carbons (Fsp3) is 0.500. The number of urea groups is 1. The summed E-state index contributed by atoms with van der Waals surface area (Å²) in [7, 11) is -3.02. The number of hydrogen-bond donors (Lipinski definition) is 1. The van der Waals surface area contributed by atoms with Crippen molar-refractivity contribution >= 4 is 26.8 Å². The molecule has 1 fully saturated rings. The van der Waals surface area contributed by atoms with Crippen LogP contribution in [0.4, 0.5) is 4.79 Å². The van der Waals surface area contributed by atoms with Crippen LogP contribution in [-0.2, 0) is 22.9 Å². The summed E-state index contributed by atoms with van der Waals surface area (Å²) >= 11 is 0. The molecule has 6 nitrogen and oxygen atoms in total. The summed E-state index contributed by atoms with van der Waals surface area (Å²) in [5.74, 6) is 0.247. The third-order valence-electron chi connectivity index (χ3n) is 5.29. The average Bonchev–Trinajstić information content (AvgIpc) is 3.03. The number of fused-ring (bicyclic) bond motifs is 3. The number of carbonyl (C=O) groups is 1. The number of nitrogens with zero attached hydrogens (tertiary/aromatic N) is 2. The Morgan fingerprint density at radius 1 is 1.20 bits per heavy atom. The molecule has 0 bridgehead atoms. The van der Waals surface area contributed by atoms with Crippen LogP contribution in [0.2, 0.25) is 0 Å². The zero-order valence-electron chi connectivity index (χ0n) is 14.1. The van der Waals surface area contributed by atoms with Gasteiger partial charge in [0.15, 0.2) is 9.84 Å². The monoisotopic (exact) mass is 361 g/mol. The summed E-state index contributed by atoms with van der Waals surface area (Å²) in [6.07, 6.45) is 2.24. The first-order valence-electron chi connectivity index (χ1n) is 8.86. The number of nitrogens with one attached hydrogen (secondary N) is 1. The van der Waals surface area contributed by atoms with E-state index in [1.807, 2.05) is 12.1 Å². The van der Waals surface area contributed by atoms with Gasteiger partial charge < -0.3 is 14.8 Å². The molecule has 25 heavy (non-hydrogen) atoms. The lowest BCUT2D eigenvalue weighted by molar-refractivity contribution is 0.196. The minimum atomic E-state index is -3.02. The van der Waals surface area contributed by atoms with Crippen LogP contribution < -0.4 is 5.32 Å². The summed E-state index contributed by atoms with van der Waals surface area (Å²) in [4.78, 5) is 14.3. The molecule has 2 amide bonds. The quantitative estimate of drug-likeness (QED) is 0.891. The van der Waals surface area contributed by atoms with Gasteiger partial charge in [0, 0.05) is 30.8 Å². The molecule has 1 aromatic heterocycles. The highest BCUT2D eigenvalue weighted by molar-refractivity contribution is 7.92. The van der Waals surface area contributed by atoms with Gasteiger partial charge in [-0.1, -0.05) is 18.2 Å². The summed E-state index contributed by atoms with van der Waals surface area (Å²) in [5, 5.41) is 3.61. The third-order valence-corrected chi connectivity index (χ3v) is 7.57. The third kappa shape index (κ3) is 3.13. The molecule has 134 valence electrons. The number of para-hydroxylation sites is 1. The van der Waals surface area contributed by atoms with Gasteiger partial charge >= 0.3 is 6.03 Å². The van der Waals surface area contributed by atoms with E-state index < -0.39 is 15.1 Å². The topological polar surface area (TPSA) is 71.4 Å². The average molecular weight is 361 g/mol. The fourth-order valence-corrected chi connectivity index (χ4v) is 5.70. The highest BCUT2D eigenvalue weighted by Gasteiger charge is 2.32. The molecule has 0 aliphatic carbocycles. The van der Waals surface area contributed by atoms with Crippen LogP contribution >= 0.6 is 0 Å². The first-order chi connectivity index (χ1) is 12.0. The Labute approximate surface area is 147 Å². The molecule has 1 unspecified atom stereocenters. The van der Waals surface area contributed by atoms with Crippen molar-refractivity contribution in [2.45, 2.75) is 37.6 Å². The molecular formula is C18H23N3O3S. The molecule has 0 radical (unpaired) electrons. The molecule has 1 saturated heterocycles. The van der Waals surface area contributed by atoms with E-state index in [1.165, 1.54) is 10.9 Å². The Hall–Kier alpha value is -2.02. The van der Waals surface area contributed by atoms with Gasteiger partial charge in [-0.05, 0) is 36.8 Å². The predicted molar refractivity (Wildman–Crippen MR) is 97.2 cm³/mol.